The molecule has 0 amide bonds. The average Bonchev–Trinajstić information content (AvgIpc) is 2.51. The van der Waals surface area contributed by atoms with E-state index >= 15 is 0 Å². The molecule has 5 heteroatoms. The zero-order valence-corrected chi connectivity index (χ0v) is 17.4. The summed E-state index contributed by atoms with van der Waals surface area (Å²) in [5.74, 6) is 0. The molecule has 25 heavy (non-hydrogen) atoms. The molecule has 0 aliphatic carbocycles. The number of hydrogen-bond donors (Lipinski definition) is 1. The van der Waals surface area contributed by atoms with E-state index in [1.54, 1.807) is 0 Å². The fourth-order valence-electron chi connectivity index (χ4n) is 4.00. The van der Waals surface area contributed by atoms with E-state index in [-0.39, 0.29) is 24.4 Å². The van der Waals surface area contributed by atoms with E-state index in [9.17, 15) is 0 Å². The first kappa shape index (κ1) is 35.7. The molecule has 0 bridgehead atoms. The van der Waals surface area contributed by atoms with Crippen LogP contribution < -0.4 is 5.73 Å². The zero-order chi connectivity index (χ0) is 16.2. The quantitative estimate of drug-likeness (QED) is 0.312. The van der Waals surface area contributed by atoms with Crippen molar-refractivity contribution < 1.29 is 18.8 Å². The summed E-state index contributed by atoms with van der Waals surface area (Å²) in [6.07, 6.45) is 16.8. The second-order valence-electron chi connectivity index (χ2n) is 7.20. The smallest absolute Gasteiger partial charge is 0.0211 e. The Morgan fingerprint density at radius 3 is 1.04 bits per heavy atom. The van der Waals surface area contributed by atoms with Gasteiger partial charge >= 0.3 is 0 Å². The van der Waals surface area contributed by atoms with Gasteiger partial charge in [0.1, 0.15) is 0 Å². The first-order chi connectivity index (χ1) is 10.1. The third kappa shape index (κ3) is 11.1. The molecule has 0 saturated heterocycles. The van der Waals surface area contributed by atoms with Crippen LogP contribution in [0.4, 0.5) is 18.8 Å². The Morgan fingerprint density at radius 1 is 0.520 bits per heavy atom. The summed E-state index contributed by atoms with van der Waals surface area (Å²) < 4.78 is 0. The van der Waals surface area contributed by atoms with Crippen molar-refractivity contribution in [2.45, 2.75) is 124 Å². The van der Waals surface area contributed by atoms with Crippen LogP contribution in [0, 0.1) is 5.41 Å². The lowest BCUT2D eigenvalue weighted by Gasteiger charge is -2.50. The number of halogens is 4. The fourth-order valence-corrected chi connectivity index (χ4v) is 4.00. The maximum atomic E-state index is 7.14. The summed E-state index contributed by atoms with van der Waals surface area (Å²) in [4.78, 5) is 0. The van der Waals surface area contributed by atoms with Gasteiger partial charge in [-0.15, -0.1) is 0 Å². The Morgan fingerprint density at radius 2 is 0.800 bits per heavy atom. The molecule has 0 rings (SSSR count). The summed E-state index contributed by atoms with van der Waals surface area (Å²) in [6, 6.07) is 0. The van der Waals surface area contributed by atoms with Gasteiger partial charge in [-0.05, 0) is 37.5 Å². The summed E-state index contributed by atoms with van der Waals surface area (Å²) in [5.41, 5.74) is 7.59. The van der Waals surface area contributed by atoms with Gasteiger partial charge in [-0.2, -0.15) is 0 Å². The molecule has 160 valence electrons. The van der Waals surface area contributed by atoms with Crippen molar-refractivity contribution >= 4 is 0 Å². The maximum absolute atomic E-state index is 7.14. The van der Waals surface area contributed by atoms with E-state index in [1.165, 1.54) is 83.5 Å². The van der Waals surface area contributed by atoms with Crippen LogP contribution in [0.5, 0.6) is 0 Å². The molecule has 0 fully saturated rings. The lowest BCUT2D eigenvalue weighted by molar-refractivity contribution is 0.0610. The van der Waals surface area contributed by atoms with Gasteiger partial charge in [0, 0.05) is 5.54 Å². The van der Waals surface area contributed by atoms with Crippen molar-refractivity contribution in [3.05, 3.63) is 0 Å². The summed E-state index contributed by atoms with van der Waals surface area (Å²) >= 11 is 0. The highest BCUT2D eigenvalue weighted by Gasteiger charge is 2.45. The predicted molar refractivity (Wildman–Crippen MR) is 108 cm³/mol. The molecule has 0 unspecified atom stereocenters. The van der Waals surface area contributed by atoms with Crippen molar-refractivity contribution in [3.8, 4) is 0 Å². The third-order valence-corrected chi connectivity index (χ3v) is 5.70. The van der Waals surface area contributed by atoms with Crippen LogP contribution in [-0.4, -0.2) is 5.54 Å². The predicted octanol–water partition coefficient (Wildman–Crippen LogP) is 7.45. The van der Waals surface area contributed by atoms with Gasteiger partial charge in [-0.3, -0.25) is 18.8 Å². The highest BCUT2D eigenvalue weighted by Crippen LogP contribution is 2.47. The maximum Gasteiger partial charge on any atom is 0.0211 e. The summed E-state index contributed by atoms with van der Waals surface area (Å²) in [5, 5.41) is 0. The average molecular weight is 378 g/mol. The van der Waals surface area contributed by atoms with Gasteiger partial charge in [0.2, 0.25) is 0 Å². The van der Waals surface area contributed by atoms with E-state index in [0.29, 0.717) is 5.41 Å². The molecule has 0 aromatic carbocycles. The third-order valence-electron chi connectivity index (χ3n) is 5.70. The van der Waals surface area contributed by atoms with Crippen LogP contribution in [0.1, 0.15) is 118 Å². The second kappa shape index (κ2) is 20.0. The van der Waals surface area contributed by atoms with E-state index in [1.807, 2.05) is 0 Å². The topological polar surface area (TPSA) is 26.0 Å². The van der Waals surface area contributed by atoms with Gasteiger partial charge in [-0.1, -0.05) is 86.0 Å². The van der Waals surface area contributed by atoms with E-state index in [4.69, 9.17) is 5.73 Å². The standard InChI is InChI=1S/C20H43N.4FH/c1-6-11-15-19(10-5,16-12-7-2)20(21,17-13-8-3)18-14-9-4;;;;/h6-18,21H2,1-5H3;4*1H. The van der Waals surface area contributed by atoms with Gasteiger partial charge < -0.3 is 5.73 Å². The van der Waals surface area contributed by atoms with Gasteiger partial charge in [-0.25, -0.2) is 0 Å². The summed E-state index contributed by atoms with van der Waals surface area (Å²) in [6.45, 7) is 11.6. The van der Waals surface area contributed by atoms with Gasteiger partial charge in [0.15, 0.2) is 0 Å². The zero-order valence-electron chi connectivity index (χ0n) is 17.4. The molecule has 0 aromatic rings. The van der Waals surface area contributed by atoms with Crippen LogP contribution in [0.3, 0.4) is 0 Å². The Labute approximate surface area is 154 Å². The Hall–Kier alpha value is -0.320. The number of rotatable bonds is 14. The second-order valence-corrected chi connectivity index (χ2v) is 7.20. The Balaban J connectivity index is -0.000000333. The molecule has 0 aliphatic heterocycles. The van der Waals surface area contributed by atoms with Crippen molar-refractivity contribution in [1.82, 2.24) is 0 Å². The lowest BCUT2D eigenvalue weighted by Crippen LogP contribution is -2.55. The molecule has 0 atom stereocenters. The minimum atomic E-state index is 0. The van der Waals surface area contributed by atoms with Crippen LogP contribution >= 0.6 is 0 Å². The van der Waals surface area contributed by atoms with E-state index in [2.05, 4.69) is 34.6 Å². The molecule has 1 nitrogen and oxygen atoms in total. The highest BCUT2D eigenvalue weighted by molar-refractivity contribution is 5.01. The normalized spacial score (nSPS) is 10.8. The molecule has 0 radical (unpaired) electrons. The SMILES string of the molecule is CCCCC(N)(CCCC)C(CC)(CCCC)CCCC.F.F.F.F. The fraction of sp³-hybridized carbons (Fsp3) is 1.00. The number of unbranched alkanes of at least 4 members (excludes halogenated alkanes) is 4. The molecular formula is C20H47F4N. The monoisotopic (exact) mass is 377 g/mol. The highest BCUT2D eigenvalue weighted by atomic mass is 19.0. The number of hydrogen-bond acceptors (Lipinski definition) is 1. The minimum absolute atomic E-state index is 0. The van der Waals surface area contributed by atoms with Crippen LogP contribution in [0.25, 0.3) is 0 Å². The van der Waals surface area contributed by atoms with E-state index in [0.717, 1.165) is 0 Å². The lowest BCUT2D eigenvalue weighted by atomic mass is 9.59. The molecular weight excluding hydrogens is 330 g/mol. The van der Waals surface area contributed by atoms with Crippen LogP contribution in [0.15, 0.2) is 0 Å². The molecule has 0 heterocycles. The van der Waals surface area contributed by atoms with Crippen LogP contribution in [-0.2, 0) is 0 Å². The van der Waals surface area contributed by atoms with Crippen LogP contribution in [0.2, 0.25) is 0 Å². The first-order valence-electron chi connectivity index (χ1n) is 9.84. The van der Waals surface area contributed by atoms with Crippen molar-refractivity contribution in [2.75, 3.05) is 0 Å². The van der Waals surface area contributed by atoms with Gasteiger partial charge in [0.05, 0.1) is 0 Å². The molecule has 2 N–H and O–H groups in total. The summed E-state index contributed by atoms with van der Waals surface area (Å²) in [7, 11) is 0. The van der Waals surface area contributed by atoms with Crippen molar-refractivity contribution in [1.29, 1.82) is 0 Å². The van der Waals surface area contributed by atoms with Gasteiger partial charge in [0.25, 0.3) is 0 Å². The molecule has 0 saturated carbocycles. The Bertz CT molecular complexity index is 234. The van der Waals surface area contributed by atoms with Crippen molar-refractivity contribution in [2.24, 2.45) is 11.1 Å². The molecule has 0 spiro atoms. The Kier molecular flexibility index (Phi) is 28.6. The molecule has 0 aromatic heterocycles. The first-order valence-corrected chi connectivity index (χ1v) is 9.84. The molecule has 0 aliphatic rings. The van der Waals surface area contributed by atoms with E-state index < -0.39 is 0 Å². The largest absolute Gasteiger partial charge is 0.325 e. The van der Waals surface area contributed by atoms with Crippen molar-refractivity contribution in [3.63, 3.8) is 0 Å². The minimum Gasteiger partial charge on any atom is -0.325 e. The number of nitrogens with two attached hydrogens (primary N) is 1.